The summed E-state index contributed by atoms with van der Waals surface area (Å²) >= 11 is 0.672. The van der Waals surface area contributed by atoms with Crippen LogP contribution in [0.1, 0.15) is 12.5 Å². The molecule has 0 aromatic heterocycles. The molecule has 3 rings (SSSR count). The number of carboxylic acids is 1. The van der Waals surface area contributed by atoms with Crippen LogP contribution in [0.4, 0.5) is 0 Å². The minimum atomic E-state index is -4.14. The predicted molar refractivity (Wildman–Crippen MR) is 120 cm³/mol. The van der Waals surface area contributed by atoms with Gasteiger partial charge in [0.1, 0.15) is 16.7 Å². The molecular weight excluding hydrogens is 436 g/mol. The Hall–Kier alpha value is -2.81. The molecule has 31 heavy (non-hydrogen) atoms. The number of para-hydroxylation sites is 1. The maximum Gasteiger partial charge on any atom is 0.347 e. The van der Waals surface area contributed by atoms with Crippen LogP contribution in [0.3, 0.4) is 0 Å². The molecule has 0 bridgehead atoms. The minimum Gasteiger partial charge on any atom is -0.478 e. The fourth-order valence-electron chi connectivity index (χ4n) is 2.86. The summed E-state index contributed by atoms with van der Waals surface area (Å²) in [4.78, 5) is 9.25. The lowest BCUT2D eigenvalue weighted by atomic mass is 10.2. The third-order valence-corrected chi connectivity index (χ3v) is 8.55. The van der Waals surface area contributed by atoms with Gasteiger partial charge >= 0.3 is 5.97 Å². The van der Waals surface area contributed by atoms with Crippen molar-refractivity contribution in [2.45, 2.75) is 27.8 Å². The standard InChI is InChI=1S/C23H22O6S2/c1-17(23(26,22(24)25)30-16-18-8-4-2-5-9-18)31(27,28)21-14-12-20(13-15-21)29-19-10-6-3-7-11-19/h2-15,17,26H,16H2,1H3,(H,24,25). The smallest absolute Gasteiger partial charge is 0.347 e. The van der Waals surface area contributed by atoms with Gasteiger partial charge in [-0.2, -0.15) is 0 Å². The molecule has 6 nitrogen and oxygen atoms in total. The Morgan fingerprint density at radius 2 is 1.45 bits per heavy atom. The highest BCUT2D eigenvalue weighted by Gasteiger charge is 2.49. The summed E-state index contributed by atoms with van der Waals surface area (Å²) in [5, 5.41) is 18.9. The number of hydrogen-bond acceptors (Lipinski definition) is 6. The van der Waals surface area contributed by atoms with Crippen molar-refractivity contribution in [2.24, 2.45) is 0 Å². The van der Waals surface area contributed by atoms with Crippen LogP contribution >= 0.6 is 11.8 Å². The first-order chi connectivity index (χ1) is 14.7. The number of ether oxygens (including phenoxy) is 1. The fourth-order valence-corrected chi connectivity index (χ4v) is 5.82. The SMILES string of the molecule is CC(C(O)(SCc1ccccc1)C(=O)O)S(=O)(=O)c1ccc(Oc2ccccc2)cc1. The van der Waals surface area contributed by atoms with Crippen LogP contribution in [0.2, 0.25) is 0 Å². The number of thioether (sulfide) groups is 1. The number of aliphatic carboxylic acids is 1. The number of hydrogen-bond donors (Lipinski definition) is 2. The molecule has 3 aromatic carbocycles. The molecule has 0 saturated carbocycles. The molecule has 0 radical (unpaired) electrons. The van der Waals surface area contributed by atoms with Gasteiger partial charge in [0, 0.05) is 5.75 Å². The van der Waals surface area contributed by atoms with Gasteiger partial charge in [-0.3, -0.25) is 0 Å². The summed E-state index contributed by atoms with van der Waals surface area (Å²) in [5.41, 5.74) is 0.777. The largest absolute Gasteiger partial charge is 0.478 e. The molecule has 0 aliphatic carbocycles. The molecule has 0 saturated heterocycles. The third kappa shape index (κ3) is 5.28. The van der Waals surface area contributed by atoms with Gasteiger partial charge in [-0.25, -0.2) is 13.2 Å². The van der Waals surface area contributed by atoms with Crippen LogP contribution in [0, 0.1) is 0 Å². The summed E-state index contributed by atoms with van der Waals surface area (Å²) < 4.78 is 31.8. The van der Waals surface area contributed by atoms with E-state index in [1.165, 1.54) is 31.2 Å². The lowest BCUT2D eigenvalue weighted by Crippen LogP contribution is -2.49. The van der Waals surface area contributed by atoms with E-state index >= 15 is 0 Å². The molecule has 0 aliphatic rings. The van der Waals surface area contributed by atoms with E-state index in [0.717, 1.165) is 5.56 Å². The highest BCUT2D eigenvalue weighted by Crippen LogP contribution is 2.36. The number of carboxylic acid groups (broad SMARTS) is 1. The predicted octanol–water partition coefficient (Wildman–Crippen LogP) is 4.35. The molecule has 2 atom stereocenters. The topological polar surface area (TPSA) is 101 Å². The lowest BCUT2D eigenvalue weighted by Gasteiger charge is -2.29. The molecular formula is C23H22O6S2. The maximum atomic E-state index is 13.1. The Morgan fingerprint density at radius 1 is 0.935 bits per heavy atom. The zero-order valence-corrected chi connectivity index (χ0v) is 18.3. The Bertz CT molecular complexity index is 1120. The van der Waals surface area contributed by atoms with Crippen molar-refractivity contribution in [1.82, 2.24) is 0 Å². The van der Waals surface area contributed by atoms with Gasteiger partial charge in [-0.15, -0.1) is 11.8 Å². The van der Waals surface area contributed by atoms with E-state index in [4.69, 9.17) is 4.74 Å². The molecule has 2 unspecified atom stereocenters. The van der Waals surface area contributed by atoms with E-state index in [2.05, 4.69) is 0 Å². The van der Waals surface area contributed by atoms with Crippen LogP contribution < -0.4 is 4.74 Å². The highest BCUT2D eigenvalue weighted by atomic mass is 32.2. The first-order valence-corrected chi connectivity index (χ1v) is 12.0. The van der Waals surface area contributed by atoms with Gasteiger partial charge in [0.05, 0.1) is 4.90 Å². The molecule has 3 aromatic rings. The Kier molecular flexibility index (Phi) is 7.04. The van der Waals surface area contributed by atoms with Crippen molar-refractivity contribution in [3.8, 4) is 11.5 Å². The Labute approximate surface area is 185 Å². The first-order valence-electron chi connectivity index (χ1n) is 9.44. The summed E-state index contributed by atoms with van der Waals surface area (Å²) in [6, 6.07) is 23.6. The molecule has 162 valence electrons. The first kappa shape index (κ1) is 22.9. The minimum absolute atomic E-state index is 0.0969. The van der Waals surface area contributed by atoms with Crippen molar-refractivity contribution in [2.75, 3.05) is 0 Å². The molecule has 2 N–H and O–H groups in total. The van der Waals surface area contributed by atoms with Gasteiger partial charge in [-0.1, -0.05) is 48.5 Å². The second-order valence-electron chi connectivity index (χ2n) is 6.85. The van der Waals surface area contributed by atoms with Gasteiger partial charge in [0.15, 0.2) is 9.84 Å². The van der Waals surface area contributed by atoms with E-state index in [0.29, 0.717) is 23.3 Å². The number of carbonyl (C=O) groups is 1. The van der Waals surface area contributed by atoms with Gasteiger partial charge < -0.3 is 14.9 Å². The van der Waals surface area contributed by atoms with Gasteiger partial charge in [0.2, 0.25) is 4.93 Å². The Balaban J connectivity index is 1.80. The zero-order chi connectivity index (χ0) is 22.5. The van der Waals surface area contributed by atoms with Crippen LogP contribution in [0.5, 0.6) is 11.5 Å². The van der Waals surface area contributed by atoms with Crippen LogP contribution in [0.25, 0.3) is 0 Å². The average molecular weight is 459 g/mol. The van der Waals surface area contributed by atoms with Crippen molar-refractivity contribution >= 4 is 27.6 Å². The maximum absolute atomic E-state index is 13.1. The number of rotatable bonds is 9. The number of benzene rings is 3. The second-order valence-corrected chi connectivity index (χ2v) is 10.3. The van der Waals surface area contributed by atoms with E-state index in [-0.39, 0.29) is 10.6 Å². The number of sulfone groups is 1. The normalized spacial score (nSPS) is 14.4. The molecule has 0 aliphatic heterocycles. The fraction of sp³-hybridized carbons (Fsp3) is 0.174. The van der Waals surface area contributed by atoms with E-state index in [1.54, 1.807) is 36.4 Å². The van der Waals surface area contributed by atoms with Crippen LogP contribution in [-0.4, -0.2) is 34.8 Å². The molecule has 8 heteroatoms. The summed E-state index contributed by atoms with van der Waals surface area (Å²) in [5.74, 6) is -0.421. The monoisotopic (exact) mass is 458 g/mol. The van der Waals surface area contributed by atoms with E-state index in [1.807, 2.05) is 24.3 Å². The molecule has 0 spiro atoms. The van der Waals surface area contributed by atoms with E-state index < -0.39 is 26.0 Å². The third-order valence-electron chi connectivity index (χ3n) is 4.76. The summed E-state index contributed by atoms with van der Waals surface area (Å²) in [6.45, 7) is 1.20. The van der Waals surface area contributed by atoms with E-state index in [9.17, 15) is 23.4 Å². The summed E-state index contributed by atoms with van der Waals surface area (Å²) in [7, 11) is -4.14. The molecule has 0 fully saturated rings. The average Bonchev–Trinajstić information content (AvgIpc) is 2.78. The Morgan fingerprint density at radius 3 is 2.00 bits per heavy atom. The molecule has 0 heterocycles. The van der Waals surface area contributed by atoms with Crippen molar-refractivity contribution in [3.63, 3.8) is 0 Å². The second kappa shape index (κ2) is 9.55. The number of aliphatic hydroxyl groups is 1. The van der Waals surface area contributed by atoms with Gasteiger partial charge in [-0.05, 0) is 48.9 Å². The van der Waals surface area contributed by atoms with Crippen molar-refractivity contribution in [1.29, 1.82) is 0 Å². The van der Waals surface area contributed by atoms with Crippen molar-refractivity contribution in [3.05, 3.63) is 90.5 Å². The molecule has 0 amide bonds. The van der Waals surface area contributed by atoms with Gasteiger partial charge in [0.25, 0.3) is 0 Å². The quantitative estimate of drug-likeness (QED) is 0.460. The van der Waals surface area contributed by atoms with Crippen molar-refractivity contribution < 1.29 is 28.2 Å². The summed E-state index contributed by atoms with van der Waals surface area (Å²) in [6.07, 6.45) is 0. The van der Waals surface area contributed by atoms with Crippen LogP contribution in [-0.2, 0) is 20.4 Å². The zero-order valence-electron chi connectivity index (χ0n) is 16.7. The highest BCUT2D eigenvalue weighted by molar-refractivity contribution is 8.02. The van der Waals surface area contributed by atoms with Crippen LogP contribution in [0.15, 0.2) is 89.8 Å². The lowest BCUT2D eigenvalue weighted by molar-refractivity contribution is -0.149.